The summed E-state index contributed by atoms with van der Waals surface area (Å²) in [5, 5.41) is 7.31. The molecule has 182 valence electrons. The normalized spacial score (nSPS) is 20.1. The number of aromatic nitrogens is 4. The van der Waals surface area contributed by atoms with Crippen molar-refractivity contribution in [1.82, 2.24) is 20.2 Å². The predicted molar refractivity (Wildman–Crippen MR) is 147 cm³/mol. The third-order valence-corrected chi connectivity index (χ3v) is 6.92. The van der Waals surface area contributed by atoms with Crippen LogP contribution in [0.4, 0.5) is 4.39 Å². The number of aliphatic imine (C=N–C) groups is 1. The molecule has 37 heavy (non-hydrogen) atoms. The van der Waals surface area contributed by atoms with Crippen molar-refractivity contribution in [3.05, 3.63) is 118 Å². The zero-order chi connectivity index (χ0) is 25.4. The molecule has 0 radical (unpaired) electrons. The molecule has 5 nitrogen and oxygen atoms in total. The van der Waals surface area contributed by atoms with Crippen LogP contribution in [-0.4, -0.2) is 32.4 Å². The highest BCUT2D eigenvalue weighted by Crippen LogP contribution is 2.31. The van der Waals surface area contributed by atoms with E-state index in [0.717, 1.165) is 59.5 Å². The number of H-pyrrole nitrogens is 1. The summed E-state index contributed by atoms with van der Waals surface area (Å²) in [4.78, 5) is 14.0. The third-order valence-electron chi connectivity index (χ3n) is 6.92. The van der Waals surface area contributed by atoms with Gasteiger partial charge in [0.2, 0.25) is 0 Å². The Morgan fingerprint density at radius 1 is 1.05 bits per heavy atom. The van der Waals surface area contributed by atoms with E-state index in [0.29, 0.717) is 17.1 Å². The molecule has 0 saturated heterocycles. The van der Waals surface area contributed by atoms with E-state index in [1.807, 2.05) is 36.7 Å². The van der Waals surface area contributed by atoms with Gasteiger partial charge in [-0.2, -0.15) is 5.10 Å². The summed E-state index contributed by atoms with van der Waals surface area (Å²) >= 11 is 0. The Hall–Kier alpha value is -4.45. The van der Waals surface area contributed by atoms with Gasteiger partial charge in [-0.05, 0) is 78.8 Å². The fraction of sp³-hybridized carbons (Fsp3) is 0.161. The van der Waals surface area contributed by atoms with Crippen molar-refractivity contribution < 1.29 is 4.39 Å². The molecule has 3 aromatic heterocycles. The molecular formula is C31H26FN5. The molecule has 0 fully saturated rings. The van der Waals surface area contributed by atoms with Crippen LogP contribution in [-0.2, 0) is 0 Å². The SMILES string of the molecule is C=C1CCCC2=CC1=CC(c1cnc3c(c1)/C=C/C=C(c1c[nH]nc1-c1ccc(F)c(C)n1)/C=C\3)=NC2. The van der Waals surface area contributed by atoms with Gasteiger partial charge in [0.25, 0.3) is 0 Å². The number of rotatable bonds is 3. The van der Waals surface area contributed by atoms with E-state index < -0.39 is 0 Å². The fourth-order valence-corrected chi connectivity index (χ4v) is 4.84. The maximum Gasteiger partial charge on any atom is 0.144 e. The maximum absolute atomic E-state index is 13.7. The minimum atomic E-state index is -0.331. The second-order valence-electron chi connectivity index (χ2n) is 9.49. The van der Waals surface area contributed by atoms with Crippen molar-refractivity contribution >= 4 is 23.4 Å². The first-order valence-corrected chi connectivity index (χ1v) is 12.4. The molecule has 1 N–H and O–H groups in total. The molecule has 1 aliphatic heterocycles. The van der Waals surface area contributed by atoms with E-state index in [2.05, 4.69) is 46.1 Å². The third kappa shape index (κ3) is 4.58. The lowest BCUT2D eigenvalue weighted by Crippen LogP contribution is -2.03. The van der Waals surface area contributed by atoms with Crippen molar-refractivity contribution in [3.63, 3.8) is 0 Å². The van der Waals surface area contributed by atoms with Gasteiger partial charge >= 0.3 is 0 Å². The van der Waals surface area contributed by atoms with Crippen molar-refractivity contribution in [3.8, 4) is 11.4 Å². The second kappa shape index (κ2) is 9.54. The van der Waals surface area contributed by atoms with Gasteiger partial charge in [-0.15, -0.1) is 0 Å². The number of halogens is 1. The topological polar surface area (TPSA) is 66.8 Å². The first kappa shape index (κ1) is 23.0. The Labute approximate surface area is 215 Å². The van der Waals surface area contributed by atoms with Gasteiger partial charge < -0.3 is 0 Å². The summed E-state index contributed by atoms with van der Waals surface area (Å²) in [5.41, 5.74) is 11.0. The number of fused-ring (bicyclic) bond motifs is 2. The molecule has 0 saturated carbocycles. The van der Waals surface area contributed by atoms with Gasteiger partial charge in [0.15, 0.2) is 0 Å². The number of nitrogens with one attached hydrogen (secondary N) is 1. The average molecular weight is 488 g/mol. The van der Waals surface area contributed by atoms with Crippen molar-refractivity contribution in [1.29, 1.82) is 0 Å². The molecule has 6 rings (SSSR count). The van der Waals surface area contributed by atoms with Crippen molar-refractivity contribution in [2.45, 2.75) is 26.2 Å². The summed E-state index contributed by atoms with van der Waals surface area (Å²) < 4.78 is 13.7. The van der Waals surface area contributed by atoms with E-state index in [-0.39, 0.29) is 5.82 Å². The lowest BCUT2D eigenvalue weighted by molar-refractivity contribution is 0.610. The summed E-state index contributed by atoms with van der Waals surface area (Å²) in [6.45, 7) is 6.65. The molecule has 4 heterocycles. The lowest BCUT2D eigenvalue weighted by Gasteiger charge is -2.10. The molecule has 3 aliphatic rings. The van der Waals surface area contributed by atoms with E-state index in [4.69, 9.17) is 9.98 Å². The maximum atomic E-state index is 13.7. The van der Waals surface area contributed by atoms with Gasteiger partial charge in [0.1, 0.15) is 11.5 Å². The highest BCUT2D eigenvalue weighted by Gasteiger charge is 2.17. The Balaban J connectivity index is 1.31. The second-order valence-corrected chi connectivity index (χ2v) is 9.49. The highest BCUT2D eigenvalue weighted by molar-refractivity contribution is 6.10. The minimum Gasteiger partial charge on any atom is -0.284 e. The Kier molecular flexibility index (Phi) is 5.93. The van der Waals surface area contributed by atoms with Crippen LogP contribution in [0.2, 0.25) is 0 Å². The number of nitrogens with zero attached hydrogens (tertiary/aromatic N) is 4. The zero-order valence-corrected chi connectivity index (χ0v) is 20.6. The number of allylic oxidation sites excluding steroid dienone is 8. The van der Waals surface area contributed by atoms with Crippen LogP contribution in [0.25, 0.3) is 29.1 Å². The van der Waals surface area contributed by atoms with E-state index in [1.54, 1.807) is 13.0 Å². The molecule has 0 spiro atoms. The Morgan fingerprint density at radius 2 is 1.97 bits per heavy atom. The minimum absolute atomic E-state index is 0.331. The van der Waals surface area contributed by atoms with Crippen LogP contribution in [0.5, 0.6) is 0 Å². The van der Waals surface area contributed by atoms with Crippen molar-refractivity contribution in [2.75, 3.05) is 6.54 Å². The van der Waals surface area contributed by atoms with Crippen LogP contribution >= 0.6 is 0 Å². The molecule has 0 amide bonds. The zero-order valence-electron chi connectivity index (χ0n) is 20.6. The molecule has 6 heteroatoms. The largest absolute Gasteiger partial charge is 0.284 e. The van der Waals surface area contributed by atoms with Gasteiger partial charge in [0.05, 0.1) is 29.3 Å². The monoisotopic (exact) mass is 487 g/mol. The Bertz CT molecular complexity index is 1610. The quantitative estimate of drug-likeness (QED) is 0.440. The van der Waals surface area contributed by atoms with Gasteiger partial charge in [-0.25, -0.2) is 9.37 Å². The van der Waals surface area contributed by atoms with Crippen molar-refractivity contribution in [2.24, 2.45) is 4.99 Å². The van der Waals surface area contributed by atoms with Crippen LogP contribution in [0.3, 0.4) is 0 Å². The van der Waals surface area contributed by atoms with E-state index >= 15 is 0 Å². The van der Waals surface area contributed by atoms with Crippen LogP contribution in [0.1, 0.15) is 47.3 Å². The summed E-state index contributed by atoms with van der Waals surface area (Å²) in [6.07, 6.45) is 21.5. The fourth-order valence-electron chi connectivity index (χ4n) is 4.84. The standard InChI is InChI=1S/C31H26FN5/c1-19-5-3-6-21-13-24(19)15-30(33-16-21)25-14-23-8-4-7-22(9-11-28(23)34-17-25)26-18-35-37-31(26)29-12-10-27(32)20(2)36-29/h4,7-15,17-18H,1,3,5-6,16H2,2H3,(H,35,37)/b7-4?,8-4+,11-9-,22-7-,22-9?,23-8?,28-11?. The first-order chi connectivity index (χ1) is 18.0. The van der Waals surface area contributed by atoms with Crippen LogP contribution < -0.4 is 0 Å². The highest BCUT2D eigenvalue weighted by atomic mass is 19.1. The molecule has 0 atom stereocenters. The molecule has 2 aliphatic carbocycles. The predicted octanol–water partition coefficient (Wildman–Crippen LogP) is 6.83. The van der Waals surface area contributed by atoms with E-state index in [1.165, 1.54) is 22.8 Å². The molecule has 2 bridgehead atoms. The number of hydrogen-bond donors (Lipinski definition) is 1. The van der Waals surface area contributed by atoms with Crippen LogP contribution in [0, 0.1) is 12.7 Å². The number of aromatic amines is 1. The Morgan fingerprint density at radius 3 is 2.86 bits per heavy atom. The van der Waals surface area contributed by atoms with Crippen LogP contribution in [0.15, 0.2) is 89.3 Å². The van der Waals surface area contributed by atoms with Gasteiger partial charge in [-0.3, -0.25) is 15.1 Å². The summed E-state index contributed by atoms with van der Waals surface area (Å²) in [5.74, 6) is -0.331. The van der Waals surface area contributed by atoms with Gasteiger partial charge in [-0.1, -0.05) is 37.0 Å². The van der Waals surface area contributed by atoms with Gasteiger partial charge in [0, 0.05) is 29.1 Å². The lowest BCUT2D eigenvalue weighted by atomic mass is 9.98. The number of pyridine rings is 2. The molecule has 0 aromatic carbocycles. The molecule has 3 aromatic rings. The number of aryl methyl sites for hydroxylation is 1. The summed E-state index contributed by atoms with van der Waals surface area (Å²) in [6, 6.07) is 5.21. The van der Waals surface area contributed by atoms with E-state index in [9.17, 15) is 4.39 Å². The first-order valence-electron chi connectivity index (χ1n) is 12.4. The summed E-state index contributed by atoms with van der Waals surface area (Å²) in [7, 11) is 0. The number of hydrogen-bond acceptors (Lipinski definition) is 4. The molecular weight excluding hydrogens is 461 g/mol. The molecule has 0 unspecified atom stereocenters. The smallest absolute Gasteiger partial charge is 0.144 e. The average Bonchev–Trinajstić information content (AvgIpc) is 3.18.